The molecule has 21 heavy (non-hydrogen) atoms. The lowest BCUT2D eigenvalue weighted by atomic mass is 9.93. The van der Waals surface area contributed by atoms with Crippen LogP contribution >= 0.6 is 0 Å². The van der Waals surface area contributed by atoms with E-state index >= 15 is 0 Å². The molecule has 4 heteroatoms. The lowest BCUT2D eigenvalue weighted by Crippen LogP contribution is -2.25. The Hall–Kier alpha value is -1.81. The number of rotatable bonds is 4. The van der Waals surface area contributed by atoms with Gasteiger partial charge in [-0.15, -0.1) is 0 Å². The number of halogens is 3. The SMILES string of the molecule is CCNC(c1ccc(F)cc1C)c1c(F)ccc(C)c1F. The standard InChI is InChI=1S/C17H18F3N/c1-4-21-17(13-7-6-12(18)9-11(13)3)15-14(19)8-5-10(2)16(15)20/h5-9,17,21H,4H2,1-3H3. The molecule has 1 atom stereocenters. The summed E-state index contributed by atoms with van der Waals surface area (Å²) < 4.78 is 41.8. The molecule has 1 N–H and O–H groups in total. The van der Waals surface area contributed by atoms with Gasteiger partial charge in [0, 0.05) is 5.56 Å². The molecule has 0 aliphatic heterocycles. The molecule has 0 aliphatic carbocycles. The van der Waals surface area contributed by atoms with Gasteiger partial charge in [-0.05, 0) is 55.3 Å². The van der Waals surface area contributed by atoms with Gasteiger partial charge in [0.2, 0.25) is 0 Å². The van der Waals surface area contributed by atoms with Crippen LogP contribution in [-0.2, 0) is 0 Å². The predicted octanol–water partition coefficient (Wildman–Crippen LogP) is 4.42. The smallest absolute Gasteiger partial charge is 0.134 e. The lowest BCUT2D eigenvalue weighted by molar-refractivity contribution is 0.505. The van der Waals surface area contributed by atoms with Crippen molar-refractivity contribution in [1.82, 2.24) is 5.32 Å². The van der Waals surface area contributed by atoms with Crippen LogP contribution in [0, 0.1) is 31.3 Å². The first kappa shape index (κ1) is 15.6. The summed E-state index contributed by atoms with van der Waals surface area (Å²) in [6.07, 6.45) is 0. The Morgan fingerprint density at radius 2 is 1.71 bits per heavy atom. The maximum atomic E-state index is 14.4. The molecule has 0 aliphatic rings. The molecule has 0 bridgehead atoms. The van der Waals surface area contributed by atoms with E-state index in [1.165, 1.54) is 24.3 Å². The number of hydrogen-bond acceptors (Lipinski definition) is 1. The summed E-state index contributed by atoms with van der Waals surface area (Å²) in [7, 11) is 0. The van der Waals surface area contributed by atoms with Gasteiger partial charge in [0.1, 0.15) is 17.5 Å². The molecule has 2 aromatic rings. The molecule has 0 saturated heterocycles. The third-order valence-corrected chi connectivity index (χ3v) is 3.56. The highest BCUT2D eigenvalue weighted by Gasteiger charge is 2.23. The van der Waals surface area contributed by atoms with Crippen LogP contribution in [0.5, 0.6) is 0 Å². The molecule has 0 fully saturated rings. The third-order valence-electron chi connectivity index (χ3n) is 3.56. The number of aryl methyl sites for hydroxylation is 2. The van der Waals surface area contributed by atoms with Gasteiger partial charge < -0.3 is 5.32 Å². The van der Waals surface area contributed by atoms with Crippen molar-refractivity contribution in [3.63, 3.8) is 0 Å². The lowest BCUT2D eigenvalue weighted by Gasteiger charge is -2.22. The zero-order valence-electron chi connectivity index (χ0n) is 12.3. The highest BCUT2D eigenvalue weighted by atomic mass is 19.1. The van der Waals surface area contributed by atoms with E-state index in [2.05, 4.69) is 5.32 Å². The van der Waals surface area contributed by atoms with Gasteiger partial charge >= 0.3 is 0 Å². The largest absolute Gasteiger partial charge is 0.306 e. The molecule has 112 valence electrons. The van der Waals surface area contributed by atoms with E-state index in [4.69, 9.17) is 0 Å². The maximum Gasteiger partial charge on any atom is 0.134 e. The van der Waals surface area contributed by atoms with E-state index in [0.717, 1.165) is 0 Å². The van der Waals surface area contributed by atoms with Gasteiger partial charge in [0.15, 0.2) is 0 Å². The molecule has 2 rings (SSSR count). The van der Waals surface area contributed by atoms with Gasteiger partial charge in [-0.2, -0.15) is 0 Å². The molecule has 1 nitrogen and oxygen atoms in total. The van der Waals surface area contributed by atoms with E-state index in [1.807, 2.05) is 6.92 Å². The Kier molecular flexibility index (Phi) is 4.68. The minimum atomic E-state index is -0.643. The Morgan fingerprint density at radius 1 is 1.00 bits per heavy atom. The summed E-state index contributed by atoms with van der Waals surface area (Å²) in [4.78, 5) is 0. The van der Waals surface area contributed by atoms with Crippen LogP contribution in [0.4, 0.5) is 13.2 Å². The fourth-order valence-electron chi connectivity index (χ4n) is 2.48. The van der Waals surface area contributed by atoms with Crippen LogP contribution in [0.25, 0.3) is 0 Å². The first-order valence-electron chi connectivity index (χ1n) is 6.89. The van der Waals surface area contributed by atoms with Crippen molar-refractivity contribution in [2.75, 3.05) is 6.54 Å². The summed E-state index contributed by atoms with van der Waals surface area (Å²) in [5.41, 5.74) is 1.68. The van der Waals surface area contributed by atoms with Crippen LogP contribution in [0.15, 0.2) is 30.3 Å². The van der Waals surface area contributed by atoms with Crippen molar-refractivity contribution in [3.05, 3.63) is 70.0 Å². The van der Waals surface area contributed by atoms with E-state index < -0.39 is 17.7 Å². The molecule has 0 radical (unpaired) electrons. The fourth-order valence-corrected chi connectivity index (χ4v) is 2.48. The first-order chi connectivity index (χ1) is 9.95. The minimum absolute atomic E-state index is 0.0217. The van der Waals surface area contributed by atoms with Gasteiger partial charge in [0.05, 0.1) is 6.04 Å². The molecule has 0 amide bonds. The summed E-state index contributed by atoms with van der Waals surface area (Å²) >= 11 is 0. The number of benzene rings is 2. The van der Waals surface area contributed by atoms with Gasteiger partial charge in [-0.25, -0.2) is 13.2 Å². The van der Waals surface area contributed by atoms with Crippen LogP contribution in [0.2, 0.25) is 0 Å². The average molecular weight is 293 g/mol. The predicted molar refractivity (Wildman–Crippen MR) is 77.8 cm³/mol. The topological polar surface area (TPSA) is 12.0 Å². The zero-order valence-corrected chi connectivity index (χ0v) is 12.3. The summed E-state index contributed by atoms with van der Waals surface area (Å²) in [6.45, 7) is 5.72. The van der Waals surface area contributed by atoms with E-state index in [9.17, 15) is 13.2 Å². The van der Waals surface area contributed by atoms with Crippen molar-refractivity contribution < 1.29 is 13.2 Å². The summed E-state index contributed by atoms with van der Waals surface area (Å²) in [6, 6.07) is 6.27. The van der Waals surface area contributed by atoms with Crippen molar-refractivity contribution in [1.29, 1.82) is 0 Å². The van der Waals surface area contributed by atoms with Crippen molar-refractivity contribution >= 4 is 0 Å². The van der Waals surface area contributed by atoms with E-state index in [-0.39, 0.29) is 11.4 Å². The molecule has 2 aromatic carbocycles. The van der Waals surface area contributed by atoms with Crippen LogP contribution in [0.3, 0.4) is 0 Å². The molecular formula is C17H18F3N. The maximum absolute atomic E-state index is 14.4. The summed E-state index contributed by atoms with van der Waals surface area (Å²) in [5.74, 6) is -1.53. The van der Waals surface area contributed by atoms with Gasteiger partial charge in [-0.3, -0.25) is 0 Å². The Morgan fingerprint density at radius 3 is 2.33 bits per heavy atom. The third kappa shape index (κ3) is 3.10. The quantitative estimate of drug-likeness (QED) is 0.880. The molecule has 0 spiro atoms. The molecule has 0 saturated carbocycles. The number of hydrogen-bond donors (Lipinski definition) is 1. The molecular weight excluding hydrogens is 275 g/mol. The number of nitrogens with one attached hydrogen (secondary N) is 1. The van der Waals surface area contributed by atoms with Crippen molar-refractivity contribution in [2.24, 2.45) is 0 Å². The van der Waals surface area contributed by atoms with Crippen LogP contribution in [0.1, 0.15) is 35.2 Å². The highest BCUT2D eigenvalue weighted by molar-refractivity contribution is 5.40. The molecule has 0 heterocycles. The monoisotopic (exact) mass is 293 g/mol. The Labute approximate surface area is 122 Å². The Bertz CT molecular complexity index is 653. The minimum Gasteiger partial charge on any atom is -0.306 e. The normalized spacial score (nSPS) is 12.5. The van der Waals surface area contributed by atoms with Crippen molar-refractivity contribution in [2.45, 2.75) is 26.8 Å². The highest BCUT2D eigenvalue weighted by Crippen LogP contribution is 2.30. The van der Waals surface area contributed by atoms with Gasteiger partial charge in [0.25, 0.3) is 0 Å². The Balaban J connectivity index is 2.61. The second kappa shape index (κ2) is 6.31. The average Bonchev–Trinajstić information content (AvgIpc) is 2.43. The van der Waals surface area contributed by atoms with E-state index in [1.54, 1.807) is 19.9 Å². The molecule has 0 aromatic heterocycles. The fraction of sp³-hybridized carbons (Fsp3) is 0.294. The second-order valence-corrected chi connectivity index (χ2v) is 5.08. The zero-order chi connectivity index (χ0) is 15.6. The van der Waals surface area contributed by atoms with Crippen LogP contribution in [-0.4, -0.2) is 6.54 Å². The second-order valence-electron chi connectivity index (χ2n) is 5.08. The summed E-state index contributed by atoms with van der Waals surface area (Å²) in [5, 5.41) is 3.08. The van der Waals surface area contributed by atoms with Crippen LogP contribution < -0.4 is 5.32 Å². The first-order valence-corrected chi connectivity index (χ1v) is 6.89. The molecule has 1 unspecified atom stereocenters. The van der Waals surface area contributed by atoms with Crippen molar-refractivity contribution in [3.8, 4) is 0 Å². The van der Waals surface area contributed by atoms with E-state index in [0.29, 0.717) is 23.2 Å². The van der Waals surface area contributed by atoms with Gasteiger partial charge in [-0.1, -0.05) is 19.1 Å².